The molecule has 2 unspecified atom stereocenters. The second kappa shape index (κ2) is 5.53. The molecule has 4 heteroatoms. The highest BCUT2D eigenvalue weighted by Crippen LogP contribution is 2.24. The lowest BCUT2D eigenvalue weighted by molar-refractivity contribution is -0.119. The minimum Gasteiger partial charge on any atom is -0.327 e. The van der Waals surface area contributed by atoms with E-state index in [4.69, 9.17) is 5.73 Å². The van der Waals surface area contributed by atoms with E-state index in [1.165, 1.54) is 0 Å². The number of rotatable bonds is 3. The highest BCUT2D eigenvalue weighted by molar-refractivity contribution is 6.00. The van der Waals surface area contributed by atoms with Crippen LogP contribution < -0.4 is 11.1 Å². The Hall–Kier alpha value is -1.68. The van der Waals surface area contributed by atoms with Gasteiger partial charge in [0.1, 0.15) is 0 Å². The van der Waals surface area contributed by atoms with Crippen LogP contribution in [-0.2, 0) is 11.2 Å². The van der Waals surface area contributed by atoms with Crippen LogP contribution in [0.3, 0.4) is 0 Å². The maximum Gasteiger partial charge on any atom is 0.228 e. The molecule has 0 saturated carbocycles. The van der Waals surface area contributed by atoms with Gasteiger partial charge in [-0.2, -0.15) is 0 Å². The summed E-state index contributed by atoms with van der Waals surface area (Å²) in [6.07, 6.45) is 2.45. The zero-order chi connectivity index (χ0) is 14.0. The lowest BCUT2D eigenvalue weighted by atomic mass is 9.90. The predicted octanol–water partition coefficient (Wildman–Crippen LogP) is 2.13. The third-order valence-electron chi connectivity index (χ3n) is 3.73. The summed E-state index contributed by atoms with van der Waals surface area (Å²) in [5.41, 5.74) is 8.21. The Labute approximate surface area is 113 Å². The maximum atomic E-state index is 11.9. The van der Waals surface area contributed by atoms with E-state index in [1.807, 2.05) is 12.1 Å². The quantitative estimate of drug-likeness (QED) is 0.874. The van der Waals surface area contributed by atoms with E-state index < -0.39 is 0 Å². The molecule has 1 aromatic carbocycles. The normalized spacial score (nSPS) is 17.5. The van der Waals surface area contributed by atoms with Crippen LogP contribution in [0, 0.1) is 5.92 Å². The van der Waals surface area contributed by atoms with Crippen molar-refractivity contribution in [2.75, 3.05) is 5.32 Å². The van der Waals surface area contributed by atoms with Gasteiger partial charge < -0.3 is 11.1 Å². The molecule has 1 aliphatic carbocycles. The Bertz CT molecular complexity index is 509. The van der Waals surface area contributed by atoms with Crippen LogP contribution in [0.2, 0.25) is 0 Å². The predicted molar refractivity (Wildman–Crippen MR) is 75.2 cm³/mol. The monoisotopic (exact) mass is 260 g/mol. The van der Waals surface area contributed by atoms with E-state index in [9.17, 15) is 9.59 Å². The lowest BCUT2D eigenvalue weighted by Gasteiger charge is -2.18. The number of carbonyl (C=O) groups excluding carboxylic acids is 2. The largest absolute Gasteiger partial charge is 0.327 e. The lowest BCUT2D eigenvalue weighted by Crippen LogP contribution is -2.34. The van der Waals surface area contributed by atoms with Gasteiger partial charge in [0, 0.05) is 23.7 Å². The van der Waals surface area contributed by atoms with Crippen molar-refractivity contribution in [2.45, 2.75) is 39.2 Å². The van der Waals surface area contributed by atoms with Crippen molar-refractivity contribution in [1.82, 2.24) is 0 Å². The first-order valence-electron chi connectivity index (χ1n) is 6.71. The molecule has 3 N–H and O–H groups in total. The van der Waals surface area contributed by atoms with Crippen LogP contribution in [-0.4, -0.2) is 17.7 Å². The van der Waals surface area contributed by atoms with E-state index in [0.717, 1.165) is 24.0 Å². The van der Waals surface area contributed by atoms with E-state index in [0.29, 0.717) is 12.1 Å². The molecule has 0 radical (unpaired) electrons. The number of amides is 1. The molecule has 0 aliphatic heterocycles. The number of aryl methyl sites for hydroxylation is 1. The first-order chi connectivity index (χ1) is 8.99. The number of Topliss-reactive ketones (excluding diaryl/α,β-unsaturated/α-hetero) is 1. The van der Waals surface area contributed by atoms with Crippen LogP contribution in [0.25, 0.3) is 0 Å². The second-order valence-electron chi connectivity index (χ2n) is 5.29. The average Bonchev–Trinajstić information content (AvgIpc) is 2.38. The Morgan fingerprint density at radius 3 is 2.74 bits per heavy atom. The first-order valence-corrected chi connectivity index (χ1v) is 6.71. The molecule has 2 rings (SSSR count). The van der Waals surface area contributed by atoms with Gasteiger partial charge in [-0.05, 0) is 37.5 Å². The number of benzene rings is 1. The molecular formula is C15H20N2O2. The molecule has 0 bridgehead atoms. The number of anilines is 1. The summed E-state index contributed by atoms with van der Waals surface area (Å²) in [5.74, 6) is -0.206. The van der Waals surface area contributed by atoms with Crippen molar-refractivity contribution in [2.24, 2.45) is 11.7 Å². The van der Waals surface area contributed by atoms with Gasteiger partial charge in [0.2, 0.25) is 5.91 Å². The van der Waals surface area contributed by atoms with Gasteiger partial charge in [0.25, 0.3) is 0 Å². The number of hydrogen-bond donors (Lipinski definition) is 2. The van der Waals surface area contributed by atoms with Crippen LogP contribution in [0.15, 0.2) is 18.2 Å². The van der Waals surface area contributed by atoms with Gasteiger partial charge in [0.05, 0.1) is 5.92 Å². The molecule has 19 heavy (non-hydrogen) atoms. The van der Waals surface area contributed by atoms with Gasteiger partial charge in [0.15, 0.2) is 5.78 Å². The first kappa shape index (κ1) is 13.7. The van der Waals surface area contributed by atoms with Crippen molar-refractivity contribution < 1.29 is 9.59 Å². The fourth-order valence-corrected chi connectivity index (χ4v) is 2.20. The zero-order valence-electron chi connectivity index (χ0n) is 11.4. The summed E-state index contributed by atoms with van der Waals surface area (Å²) in [6.45, 7) is 3.60. The minimum absolute atomic E-state index is 0.113. The van der Waals surface area contributed by atoms with Crippen LogP contribution >= 0.6 is 0 Å². The van der Waals surface area contributed by atoms with Crippen molar-refractivity contribution in [3.63, 3.8) is 0 Å². The maximum absolute atomic E-state index is 11.9. The highest BCUT2D eigenvalue weighted by atomic mass is 16.2. The van der Waals surface area contributed by atoms with Crippen molar-refractivity contribution in [1.29, 1.82) is 0 Å². The van der Waals surface area contributed by atoms with Gasteiger partial charge in [-0.3, -0.25) is 9.59 Å². The number of carbonyl (C=O) groups is 2. The molecule has 0 heterocycles. The molecule has 0 fully saturated rings. The van der Waals surface area contributed by atoms with Crippen LogP contribution in [0.4, 0.5) is 5.69 Å². The van der Waals surface area contributed by atoms with Gasteiger partial charge in [-0.25, -0.2) is 0 Å². The number of hydrogen-bond acceptors (Lipinski definition) is 3. The topological polar surface area (TPSA) is 72.2 Å². The molecule has 1 aliphatic rings. The molecule has 0 aromatic heterocycles. The Morgan fingerprint density at radius 2 is 2.05 bits per heavy atom. The fourth-order valence-electron chi connectivity index (χ4n) is 2.20. The third kappa shape index (κ3) is 3.01. The average molecular weight is 260 g/mol. The van der Waals surface area contributed by atoms with Gasteiger partial charge >= 0.3 is 0 Å². The van der Waals surface area contributed by atoms with Gasteiger partial charge in [-0.15, -0.1) is 0 Å². The van der Waals surface area contributed by atoms with Crippen molar-refractivity contribution in [3.05, 3.63) is 29.3 Å². The zero-order valence-corrected chi connectivity index (χ0v) is 11.4. The molecule has 1 amide bonds. The minimum atomic E-state index is -0.258. The summed E-state index contributed by atoms with van der Waals surface area (Å²) < 4.78 is 0. The number of fused-ring (bicyclic) bond motifs is 1. The van der Waals surface area contributed by atoms with Gasteiger partial charge in [-0.1, -0.05) is 13.0 Å². The SMILES string of the molecule is CC(N)C(C)C(=O)Nc1ccc2c(c1)C(=O)CCC2. The number of nitrogens with two attached hydrogens (primary N) is 1. The number of ketones is 1. The number of nitrogens with one attached hydrogen (secondary N) is 1. The van der Waals surface area contributed by atoms with E-state index in [2.05, 4.69) is 5.32 Å². The molecular weight excluding hydrogens is 240 g/mol. The van der Waals surface area contributed by atoms with Crippen molar-refractivity contribution in [3.8, 4) is 0 Å². The van der Waals surface area contributed by atoms with E-state index >= 15 is 0 Å². The molecule has 102 valence electrons. The second-order valence-corrected chi connectivity index (χ2v) is 5.29. The highest BCUT2D eigenvalue weighted by Gasteiger charge is 2.20. The Kier molecular flexibility index (Phi) is 4.00. The van der Waals surface area contributed by atoms with Crippen LogP contribution in [0.1, 0.15) is 42.6 Å². The van der Waals surface area contributed by atoms with Crippen molar-refractivity contribution >= 4 is 17.4 Å². The fraction of sp³-hybridized carbons (Fsp3) is 0.467. The molecule has 0 saturated heterocycles. The Morgan fingerprint density at radius 1 is 1.32 bits per heavy atom. The standard InChI is InChI=1S/C15H20N2O2/c1-9(10(2)16)15(19)17-12-7-6-11-4-3-5-14(18)13(11)8-12/h6-10H,3-5,16H2,1-2H3,(H,17,19). The molecule has 0 spiro atoms. The summed E-state index contributed by atoms with van der Waals surface area (Å²) in [6, 6.07) is 5.36. The van der Waals surface area contributed by atoms with E-state index in [1.54, 1.807) is 19.9 Å². The summed E-state index contributed by atoms with van der Waals surface area (Å²) in [5, 5.41) is 2.82. The smallest absolute Gasteiger partial charge is 0.228 e. The van der Waals surface area contributed by atoms with Crippen LogP contribution in [0.5, 0.6) is 0 Å². The molecule has 4 nitrogen and oxygen atoms in total. The van der Waals surface area contributed by atoms with E-state index in [-0.39, 0.29) is 23.7 Å². The molecule has 2 atom stereocenters. The summed E-state index contributed by atoms with van der Waals surface area (Å²) in [4.78, 5) is 23.8. The summed E-state index contributed by atoms with van der Waals surface area (Å²) in [7, 11) is 0. The Balaban J connectivity index is 2.16. The third-order valence-corrected chi connectivity index (χ3v) is 3.73. The summed E-state index contributed by atoms with van der Waals surface area (Å²) >= 11 is 0. The molecule has 1 aromatic rings.